The molecule has 0 aliphatic carbocycles. The minimum atomic E-state index is 0.814. The number of hydrogen-bond donors (Lipinski definition) is 0. The highest BCUT2D eigenvalue weighted by molar-refractivity contribution is 6.07. The summed E-state index contributed by atoms with van der Waals surface area (Å²) in [7, 11) is 0. The molecule has 5 heteroatoms. The zero-order valence-electron chi connectivity index (χ0n) is 20.8. The Morgan fingerprint density at radius 2 is 1.05 bits per heavy atom. The van der Waals surface area contributed by atoms with Gasteiger partial charge in [-0.25, -0.2) is 0 Å². The third kappa shape index (κ3) is 3.48. The van der Waals surface area contributed by atoms with Crippen LogP contribution in [0.3, 0.4) is 0 Å². The highest BCUT2D eigenvalue weighted by Crippen LogP contribution is 2.43. The van der Waals surface area contributed by atoms with E-state index in [0.717, 1.165) is 72.1 Å². The van der Waals surface area contributed by atoms with Crippen molar-refractivity contribution in [1.29, 1.82) is 0 Å². The number of benzene rings is 4. The zero-order valence-corrected chi connectivity index (χ0v) is 20.8. The number of rotatable bonds is 4. The molecule has 0 aliphatic heterocycles. The molecule has 8 aromatic rings. The van der Waals surface area contributed by atoms with E-state index in [1.54, 1.807) is 12.4 Å². The lowest BCUT2D eigenvalue weighted by molar-refractivity contribution is 0.668. The van der Waals surface area contributed by atoms with Crippen LogP contribution in [0.5, 0.6) is 0 Å². The molecule has 0 unspecified atom stereocenters. The largest absolute Gasteiger partial charge is 0.456 e. The molecule has 184 valence electrons. The summed E-state index contributed by atoms with van der Waals surface area (Å²) in [6, 6.07) is 35.4. The van der Waals surface area contributed by atoms with Crippen molar-refractivity contribution in [3.05, 3.63) is 128 Å². The van der Waals surface area contributed by atoms with E-state index in [1.807, 2.05) is 30.6 Å². The summed E-state index contributed by atoms with van der Waals surface area (Å²) in [4.78, 5) is 10.9. The summed E-state index contributed by atoms with van der Waals surface area (Å²) in [6.45, 7) is 0. The second kappa shape index (κ2) is 8.57. The molecule has 0 saturated carbocycles. The maximum Gasteiger partial charge on any atom is 0.138 e. The van der Waals surface area contributed by atoms with Crippen molar-refractivity contribution in [1.82, 2.24) is 9.97 Å². The fourth-order valence-corrected chi connectivity index (χ4v) is 5.45. The fourth-order valence-electron chi connectivity index (χ4n) is 5.45. The Morgan fingerprint density at radius 1 is 0.487 bits per heavy atom. The van der Waals surface area contributed by atoms with E-state index in [2.05, 4.69) is 99.8 Å². The van der Waals surface area contributed by atoms with Crippen LogP contribution < -0.4 is 4.90 Å². The monoisotopic (exact) mass is 503 g/mol. The first-order chi connectivity index (χ1) is 19.3. The van der Waals surface area contributed by atoms with E-state index in [4.69, 9.17) is 8.83 Å². The summed E-state index contributed by atoms with van der Waals surface area (Å²) in [6.07, 6.45) is 7.22. The molecule has 0 radical (unpaired) electrons. The quantitative estimate of drug-likeness (QED) is 0.239. The maximum absolute atomic E-state index is 6.25. The van der Waals surface area contributed by atoms with Crippen molar-refractivity contribution in [2.45, 2.75) is 0 Å². The molecule has 0 amide bonds. The van der Waals surface area contributed by atoms with Crippen LogP contribution in [0.4, 0.5) is 17.1 Å². The van der Waals surface area contributed by atoms with E-state index in [1.165, 1.54) is 0 Å². The van der Waals surface area contributed by atoms with Crippen LogP contribution in [0.25, 0.3) is 55.0 Å². The number of fused-ring (bicyclic) bond motifs is 6. The zero-order chi connectivity index (χ0) is 25.8. The smallest absolute Gasteiger partial charge is 0.138 e. The van der Waals surface area contributed by atoms with Crippen molar-refractivity contribution in [2.75, 3.05) is 4.90 Å². The average Bonchev–Trinajstić information content (AvgIpc) is 3.55. The molecule has 4 heterocycles. The van der Waals surface area contributed by atoms with E-state index >= 15 is 0 Å². The SMILES string of the molecule is c1ccc(-c2ccccc2N(c2ccc3c(c2)oc2ccncc23)c2ccc3c(c2)oc2ccncc23)cc1. The lowest BCUT2D eigenvalue weighted by atomic mass is 10.0. The molecule has 0 fully saturated rings. The maximum atomic E-state index is 6.25. The molecule has 4 aromatic heterocycles. The number of hydrogen-bond acceptors (Lipinski definition) is 5. The average molecular weight is 504 g/mol. The van der Waals surface area contributed by atoms with Crippen LogP contribution in [-0.2, 0) is 0 Å². The van der Waals surface area contributed by atoms with Gasteiger partial charge in [0.05, 0.1) is 5.69 Å². The second-order valence-electron chi connectivity index (χ2n) is 9.53. The Kier molecular flexibility index (Phi) is 4.76. The highest BCUT2D eigenvalue weighted by atomic mass is 16.3. The van der Waals surface area contributed by atoms with Gasteiger partial charge in [0.25, 0.3) is 0 Å². The Bertz CT molecular complexity index is 2030. The van der Waals surface area contributed by atoms with Gasteiger partial charge in [0.15, 0.2) is 0 Å². The first kappa shape index (κ1) is 21.6. The molecule has 5 nitrogen and oxygen atoms in total. The first-order valence-electron chi connectivity index (χ1n) is 12.8. The van der Waals surface area contributed by atoms with Gasteiger partial charge in [-0.1, -0.05) is 48.5 Å². The van der Waals surface area contributed by atoms with Gasteiger partial charge in [-0.3, -0.25) is 9.97 Å². The predicted molar refractivity (Wildman–Crippen MR) is 157 cm³/mol. The Hall–Kier alpha value is -5.42. The molecular formula is C34H21N3O2. The van der Waals surface area contributed by atoms with Crippen molar-refractivity contribution < 1.29 is 8.83 Å². The second-order valence-corrected chi connectivity index (χ2v) is 9.53. The van der Waals surface area contributed by atoms with E-state index in [9.17, 15) is 0 Å². The topological polar surface area (TPSA) is 55.3 Å². The molecule has 0 aliphatic rings. The van der Waals surface area contributed by atoms with Gasteiger partial charge in [-0.05, 0) is 48.0 Å². The molecule has 0 spiro atoms. The molecule has 0 saturated heterocycles. The minimum absolute atomic E-state index is 0.814. The lowest BCUT2D eigenvalue weighted by Gasteiger charge is -2.27. The van der Waals surface area contributed by atoms with Crippen LogP contribution in [0.2, 0.25) is 0 Å². The lowest BCUT2D eigenvalue weighted by Crippen LogP contribution is -2.11. The van der Waals surface area contributed by atoms with E-state index in [0.29, 0.717) is 0 Å². The van der Waals surface area contributed by atoms with Gasteiger partial charge in [0.2, 0.25) is 0 Å². The third-order valence-electron chi connectivity index (χ3n) is 7.26. The summed E-state index contributed by atoms with van der Waals surface area (Å²) in [5.41, 5.74) is 8.56. The number of para-hydroxylation sites is 1. The number of anilines is 3. The van der Waals surface area contributed by atoms with Gasteiger partial charge in [-0.2, -0.15) is 0 Å². The minimum Gasteiger partial charge on any atom is -0.456 e. The van der Waals surface area contributed by atoms with E-state index < -0.39 is 0 Å². The molecule has 0 bridgehead atoms. The van der Waals surface area contributed by atoms with Crippen molar-refractivity contribution in [3.63, 3.8) is 0 Å². The van der Waals surface area contributed by atoms with Crippen LogP contribution in [-0.4, -0.2) is 9.97 Å². The molecule has 0 atom stereocenters. The van der Waals surface area contributed by atoms with Crippen molar-refractivity contribution in [3.8, 4) is 11.1 Å². The van der Waals surface area contributed by atoms with Crippen molar-refractivity contribution >= 4 is 60.9 Å². The molecule has 39 heavy (non-hydrogen) atoms. The first-order valence-corrected chi connectivity index (χ1v) is 12.8. The van der Waals surface area contributed by atoms with Crippen LogP contribution in [0, 0.1) is 0 Å². The molecule has 4 aromatic carbocycles. The van der Waals surface area contributed by atoms with Crippen LogP contribution in [0.1, 0.15) is 0 Å². The van der Waals surface area contributed by atoms with Gasteiger partial charge < -0.3 is 13.7 Å². The van der Waals surface area contributed by atoms with Gasteiger partial charge in [0, 0.05) is 75.4 Å². The van der Waals surface area contributed by atoms with Gasteiger partial charge in [-0.15, -0.1) is 0 Å². The number of pyridine rings is 2. The highest BCUT2D eigenvalue weighted by Gasteiger charge is 2.20. The number of nitrogens with zero attached hydrogens (tertiary/aromatic N) is 3. The standard InChI is InChI=1S/C34H21N3O2/c1-2-6-22(7-3-1)25-8-4-5-9-30(25)37(23-10-12-26-28-20-35-16-14-31(28)38-33(26)18-23)24-11-13-27-29-21-36-17-15-32(29)39-34(27)19-24/h1-21H. The van der Waals surface area contributed by atoms with Crippen LogP contribution >= 0.6 is 0 Å². The molecular weight excluding hydrogens is 482 g/mol. The Morgan fingerprint density at radius 3 is 1.67 bits per heavy atom. The molecule has 0 N–H and O–H groups in total. The number of aromatic nitrogens is 2. The third-order valence-corrected chi connectivity index (χ3v) is 7.26. The Labute approximate surface area is 223 Å². The number of furan rings is 2. The summed E-state index contributed by atoms with van der Waals surface area (Å²) in [5, 5.41) is 4.09. The summed E-state index contributed by atoms with van der Waals surface area (Å²) in [5.74, 6) is 0. The summed E-state index contributed by atoms with van der Waals surface area (Å²) < 4.78 is 12.5. The molecule has 8 rings (SSSR count). The Balaban J connectivity index is 1.38. The van der Waals surface area contributed by atoms with E-state index in [-0.39, 0.29) is 0 Å². The van der Waals surface area contributed by atoms with Crippen LogP contribution in [0.15, 0.2) is 137 Å². The summed E-state index contributed by atoms with van der Waals surface area (Å²) >= 11 is 0. The van der Waals surface area contributed by atoms with Gasteiger partial charge in [0.1, 0.15) is 22.3 Å². The van der Waals surface area contributed by atoms with Gasteiger partial charge >= 0.3 is 0 Å². The fraction of sp³-hybridized carbons (Fsp3) is 0. The normalized spacial score (nSPS) is 11.6. The van der Waals surface area contributed by atoms with Crippen molar-refractivity contribution in [2.24, 2.45) is 0 Å². The predicted octanol–water partition coefficient (Wildman–Crippen LogP) is 9.41.